The van der Waals surface area contributed by atoms with Crippen LogP contribution in [0.5, 0.6) is 0 Å². The Kier molecular flexibility index (Phi) is 12.6. The molecule has 212 valence electrons. The topological polar surface area (TPSA) is 37.4 Å². The van der Waals surface area contributed by atoms with Crippen LogP contribution in [-0.4, -0.2) is 48.0 Å². The first-order valence-corrected chi connectivity index (χ1v) is 22.8. The zero-order valence-corrected chi connectivity index (χ0v) is 28.5. The maximum atomic E-state index is 14.6. The fraction of sp³-hybridized carbons (Fsp3) is 0.471. The molecule has 3 aromatic carbocycles. The van der Waals surface area contributed by atoms with Crippen LogP contribution in [0.25, 0.3) is 0 Å². The van der Waals surface area contributed by atoms with E-state index < -0.39 is 28.4 Å². The molecule has 0 saturated heterocycles. The van der Waals surface area contributed by atoms with Crippen molar-refractivity contribution in [3.05, 3.63) is 89.5 Å². The van der Waals surface area contributed by atoms with Gasteiger partial charge in [0.15, 0.2) is 0 Å². The van der Waals surface area contributed by atoms with Gasteiger partial charge in [-0.3, -0.25) is 0 Å². The van der Waals surface area contributed by atoms with Crippen molar-refractivity contribution in [3.63, 3.8) is 0 Å². The molecule has 0 aliphatic carbocycles. The van der Waals surface area contributed by atoms with Crippen LogP contribution in [0, 0.1) is 20.8 Å². The molecule has 0 aromatic heterocycles. The van der Waals surface area contributed by atoms with E-state index in [-0.39, 0.29) is 3.77 Å². The molecular weight excluding hydrogens is 605 g/mol. The molecule has 5 heteroatoms. The number of hydrogen-bond donors (Lipinski definition) is 0. The van der Waals surface area contributed by atoms with E-state index in [0.717, 1.165) is 51.4 Å². The van der Waals surface area contributed by atoms with E-state index in [9.17, 15) is 8.42 Å². The van der Waals surface area contributed by atoms with Crippen LogP contribution in [-0.2, 0) is 10.0 Å². The summed E-state index contributed by atoms with van der Waals surface area (Å²) in [6.45, 7) is 12.0. The molecule has 0 heterocycles. The molecule has 0 N–H and O–H groups in total. The molecule has 0 bridgehead atoms. The Bertz CT molecular complexity index is 1110. The zero-order valence-electron chi connectivity index (χ0n) is 24.9. The summed E-state index contributed by atoms with van der Waals surface area (Å²) in [4.78, 5) is 0. The first-order chi connectivity index (χ1) is 18.7. The number of rotatable bonds is 16. The van der Waals surface area contributed by atoms with Crippen LogP contribution >= 0.6 is 0 Å². The summed E-state index contributed by atoms with van der Waals surface area (Å²) < 4.78 is 34.9. The molecule has 39 heavy (non-hydrogen) atoms. The fourth-order valence-corrected chi connectivity index (χ4v) is 27.2. The Morgan fingerprint density at radius 2 is 0.872 bits per heavy atom. The molecule has 0 radical (unpaired) electrons. The van der Waals surface area contributed by atoms with Crippen molar-refractivity contribution in [1.82, 2.24) is 4.31 Å². The summed E-state index contributed by atoms with van der Waals surface area (Å²) in [5.74, 6) is 0. The van der Waals surface area contributed by atoms with E-state index in [2.05, 4.69) is 107 Å². The van der Waals surface area contributed by atoms with Gasteiger partial charge in [-0.1, -0.05) is 0 Å². The van der Waals surface area contributed by atoms with Crippen molar-refractivity contribution < 1.29 is 8.42 Å². The van der Waals surface area contributed by atoms with Gasteiger partial charge < -0.3 is 0 Å². The Morgan fingerprint density at radius 1 is 0.538 bits per heavy atom. The van der Waals surface area contributed by atoms with E-state index in [1.54, 1.807) is 0 Å². The SMILES string of the molecule is CCCCCCN(CCCCCC)S(=O)(=O)[CH2][Sn]([c]1ccc(C)cc1)([c]1ccc(C)cc1)[c]1ccc(C)cc1. The van der Waals surface area contributed by atoms with Crippen molar-refractivity contribution in [2.45, 2.75) is 86.0 Å². The molecule has 3 aromatic rings. The van der Waals surface area contributed by atoms with Crippen LogP contribution in [0.15, 0.2) is 72.8 Å². The zero-order chi connectivity index (χ0) is 28.3. The first-order valence-electron chi connectivity index (χ1n) is 14.9. The van der Waals surface area contributed by atoms with E-state index in [1.165, 1.54) is 27.4 Å². The van der Waals surface area contributed by atoms with Crippen molar-refractivity contribution in [2.24, 2.45) is 0 Å². The minimum atomic E-state index is -4.01. The molecular formula is C34H49NO2SSn. The van der Waals surface area contributed by atoms with Crippen LogP contribution < -0.4 is 10.7 Å². The summed E-state index contributed by atoms with van der Waals surface area (Å²) in [5.41, 5.74) is 3.59. The van der Waals surface area contributed by atoms with Crippen LogP contribution in [0.2, 0.25) is 0 Å². The van der Waals surface area contributed by atoms with Crippen LogP contribution in [0.1, 0.15) is 81.9 Å². The molecule has 0 saturated carbocycles. The van der Waals surface area contributed by atoms with Crippen LogP contribution in [0.4, 0.5) is 0 Å². The molecule has 0 spiro atoms. The van der Waals surface area contributed by atoms with E-state index in [0.29, 0.717) is 13.1 Å². The van der Waals surface area contributed by atoms with Crippen molar-refractivity contribution in [2.75, 3.05) is 16.9 Å². The molecule has 0 aliphatic heterocycles. The van der Waals surface area contributed by atoms with E-state index in [4.69, 9.17) is 0 Å². The normalized spacial score (nSPS) is 12.3. The Hall–Kier alpha value is -1.63. The van der Waals surface area contributed by atoms with Gasteiger partial charge in [0.25, 0.3) is 0 Å². The molecule has 0 unspecified atom stereocenters. The van der Waals surface area contributed by atoms with Crippen molar-refractivity contribution in [1.29, 1.82) is 0 Å². The maximum absolute atomic E-state index is 14.6. The van der Waals surface area contributed by atoms with Gasteiger partial charge in [0, 0.05) is 0 Å². The van der Waals surface area contributed by atoms with Crippen molar-refractivity contribution >= 4 is 39.1 Å². The number of hydrogen-bond acceptors (Lipinski definition) is 2. The summed E-state index contributed by atoms with van der Waals surface area (Å²) >= 11 is -4.01. The average molecular weight is 655 g/mol. The van der Waals surface area contributed by atoms with Gasteiger partial charge in [-0.25, -0.2) is 0 Å². The number of sulfonamides is 1. The average Bonchev–Trinajstić information content (AvgIpc) is 2.92. The molecule has 0 atom stereocenters. The fourth-order valence-electron chi connectivity index (χ4n) is 5.45. The molecule has 3 nitrogen and oxygen atoms in total. The standard InChI is InChI=1S/C13H28NO2S.3C7H7.Sn/c1-4-6-8-10-12-14(17(3,15)16)13-11-9-7-5-2;3*1-7-5-3-2-4-6-7;/h3-13H2,1-2H3;3*3-6H,1H3;. The molecule has 0 aliphatic rings. The second-order valence-electron chi connectivity index (χ2n) is 11.3. The summed E-state index contributed by atoms with van der Waals surface area (Å²) in [6.07, 6.45) is 8.64. The molecule has 0 fully saturated rings. The summed E-state index contributed by atoms with van der Waals surface area (Å²) in [5, 5.41) is 0. The van der Waals surface area contributed by atoms with Crippen molar-refractivity contribution in [3.8, 4) is 0 Å². The number of aryl methyl sites for hydroxylation is 3. The quantitative estimate of drug-likeness (QED) is 0.132. The van der Waals surface area contributed by atoms with E-state index >= 15 is 0 Å². The third-order valence-corrected chi connectivity index (χ3v) is 28.0. The summed E-state index contributed by atoms with van der Waals surface area (Å²) in [6, 6.07) is 26.2. The second-order valence-corrected chi connectivity index (χ2v) is 25.8. The monoisotopic (exact) mass is 655 g/mol. The first kappa shape index (κ1) is 31.9. The second kappa shape index (κ2) is 15.4. The van der Waals surface area contributed by atoms with Crippen LogP contribution in [0.3, 0.4) is 0 Å². The van der Waals surface area contributed by atoms with E-state index in [1.807, 2.05) is 4.31 Å². The Balaban J connectivity index is 2.15. The van der Waals surface area contributed by atoms with Gasteiger partial charge in [0.1, 0.15) is 0 Å². The summed E-state index contributed by atoms with van der Waals surface area (Å²) in [7, 11) is -3.50. The predicted molar refractivity (Wildman–Crippen MR) is 172 cm³/mol. The number of benzene rings is 3. The predicted octanol–water partition coefficient (Wildman–Crippen LogP) is 6.41. The van der Waals surface area contributed by atoms with Gasteiger partial charge in [0.05, 0.1) is 0 Å². The molecule has 0 amide bonds. The van der Waals surface area contributed by atoms with Gasteiger partial charge in [-0.05, 0) is 0 Å². The Morgan fingerprint density at radius 3 is 1.18 bits per heavy atom. The minimum absolute atomic E-state index is 0.221. The Labute approximate surface area is 243 Å². The van der Waals surface area contributed by atoms with Gasteiger partial charge in [-0.15, -0.1) is 0 Å². The third-order valence-electron chi connectivity index (χ3n) is 7.95. The molecule has 3 rings (SSSR count). The van der Waals surface area contributed by atoms with Gasteiger partial charge in [0.2, 0.25) is 0 Å². The number of nitrogens with zero attached hydrogens (tertiary/aromatic N) is 1. The van der Waals surface area contributed by atoms with Gasteiger partial charge in [-0.2, -0.15) is 0 Å². The number of unbranched alkanes of at least 4 members (excludes halogenated alkanes) is 6. The third kappa shape index (κ3) is 8.68. The van der Waals surface area contributed by atoms with Gasteiger partial charge >= 0.3 is 244 Å².